The fourth-order valence-corrected chi connectivity index (χ4v) is 1.64. The largest absolute Gasteiger partial charge is 0.469 e. The highest BCUT2D eigenvalue weighted by atomic mass is 16.5. The van der Waals surface area contributed by atoms with E-state index in [1.807, 2.05) is 6.08 Å². The van der Waals surface area contributed by atoms with Crippen molar-refractivity contribution in [1.82, 2.24) is 0 Å². The van der Waals surface area contributed by atoms with Gasteiger partial charge >= 0.3 is 5.97 Å². The molecule has 0 radical (unpaired) electrons. The van der Waals surface area contributed by atoms with Crippen molar-refractivity contribution in [3.63, 3.8) is 0 Å². The van der Waals surface area contributed by atoms with Gasteiger partial charge in [-0.25, -0.2) is 0 Å². The Labute approximate surface area is 85.1 Å². The summed E-state index contributed by atoms with van der Waals surface area (Å²) in [6, 6.07) is 0. The van der Waals surface area contributed by atoms with Crippen molar-refractivity contribution in [2.45, 2.75) is 37.7 Å². The summed E-state index contributed by atoms with van der Waals surface area (Å²) in [6.07, 6.45) is 6.14. The first-order valence-electron chi connectivity index (χ1n) is 5.04. The second-order valence-corrected chi connectivity index (χ2v) is 3.72. The Balaban J connectivity index is 2.33. The molecule has 0 saturated heterocycles. The molecule has 1 fully saturated rings. The van der Waals surface area contributed by atoms with E-state index in [1.165, 1.54) is 7.11 Å². The lowest BCUT2D eigenvalue weighted by molar-refractivity contribution is -0.157. The standard InChI is InChI=1S/C11H18O3/c1-3-4-8-14-11(6-5-7-11)9-10(12)13-2/h3H,1,4-9H2,2H3. The Morgan fingerprint density at radius 3 is 2.71 bits per heavy atom. The molecule has 0 aromatic rings. The molecule has 1 aliphatic carbocycles. The van der Waals surface area contributed by atoms with Crippen LogP contribution in [0.1, 0.15) is 32.1 Å². The number of hydrogen-bond acceptors (Lipinski definition) is 3. The highest BCUT2D eigenvalue weighted by molar-refractivity contribution is 5.70. The smallest absolute Gasteiger partial charge is 0.308 e. The van der Waals surface area contributed by atoms with Gasteiger partial charge in [-0.15, -0.1) is 6.58 Å². The van der Waals surface area contributed by atoms with Crippen LogP contribution in [0.5, 0.6) is 0 Å². The summed E-state index contributed by atoms with van der Waals surface area (Å²) in [5.74, 6) is -0.177. The third kappa shape index (κ3) is 2.84. The van der Waals surface area contributed by atoms with E-state index < -0.39 is 0 Å². The summed E-state index contributed by atoms with van der Waals surface area (Å²) in [4.78, 5) is 11.1. The molecule has 1 saturated carbocycles. The van der Waals surface area contributed by atoms with Gasteiger partial charge in [0, 0.05) is 0 Å². The van der Waals surface area contributed by atoms with Crippen molar-refractivity contribution >= 4 is 5.97 Å². The number of hydrogen-bond donors (Lipinski definition) is 0. The van der Waals surface area contributed by atoms with Gasteiger partial charge in [-0.05, 0) is 25.7 Å². The van der Waals surface area contributed by atoms with Crippen LogP contribution in [0.25, 0.3) is 0 Å². The SMILES string of the molecule is C=CCCOC1(CC(=O)OC)CCC1. The lowest BCUT2D eigenvalue weighted by atomic mass is 9.77. The fraction of sp³-hybridized carbons (Fsp3) is 0.727. The van der Waals surface area contributed by atoms with Crippen LogP contribution in [-0.4, -0.2) is 25.3 Å². The summed E-state index contributed by atoms with van der Waals surface area (Å²) in [7, 11) is 1.42. The third-order valence-electron chi connectivity index (χ3n) is 2.69. The molecule has 0 aliphatic heterocycles. The topological polar surface area (TPSA) is 35.5 Å². The van der Waals surface area contributed by atoms with Gasteiger partial charge in [-0.3, -0.25) is 4.79 Å². The number of methoxy groups -OCH3 is 1. The molecule has 14 heavy (non-hydrogen) atoms. The van der Waals surface area contributed by atoms with Crippen LogP contribution >= 0.6 is 0 Å². The van der Waals surface area contributed by atoms with Crippen molar-refractivity contribution in [1.29, 1.82) is 0 Å². The minimum atomic E-state index is -0.226. The highest BCUT2D eigenvalue weighted by Crippen LogP contribution is 2.38. The molecular weight excluding hydrogens is 180 g/mol. The lowest BCUT2D eigenvalue weighted by Crippen LogP contribution is -2.42. The lowest BCUT2D eigenvalue weighted by Gasteiger charge is -2.40. The molecule has 0 unspecified atom stereocenters. The first-order valence-corrected chi connectivity index (χ1v) is 5.04. The van der Waals surface area contributed by atoms with E-state index in [0.29, 0.717) is 13.0 Å². The van der Waals surface area contributed by atoms with Gasteiger partial charge < -0.3 is 9.47 Å². The van der Waals surface area contributed by atoms with Crippen molar-refractivity contribution in [3.05, 3.63) is 12.7 Å². The zero-order valence-electron chi connectivity index (χ0n) is 8.75. The number of ether oxygens (including phenoxy) is 2. The Hall–Kier alpha value is -0.830. The zero-order valence-corrected chi connectivity index (χ0v) is 8.75. The normalized spacial score (nSPS) is 18.4. The van der Waals surface area contributed by atoms with Crippen molar-refractivity contribution in [3.8, 4) is 0 Å². The minimum absolute atomic E-state index is 0.177. The van der Waals surface area contributed by atoms with E-state index in [1.54, 1.807) is 0 Å². The Morgan fingerprint density at radius 1 is 1.57 bits per heavy atom. The van der Waals surface area contributed by atoms with E-state index in [9.17, 15) is 4.79 Å². The molecule has 0 bridgehead atoms. The molecule has 0 aromatic heterocycles. The van der Waals surface area contributed by atoms with Crippen molar-refractivity contribution < 1.29 is 14.3 Å². The summed E-state index contributed by atoms with van der Waals surface area (Å²) in [5.41, 5.74) is -0.226. The second-order valence-electron chi connectivity index (χ2n) is 3.72. The maximum Gasteiger partial charge on any atom is 0.308 e. The van der Waals surface area contributed by atoms with Gasteiger partial charge in [0.05, 0.1) is 25.7 Å². The molecule has 0 atom stereocenters. The molecule has 1 aliphatic rings. The molecule has 0 heterocycles. The molecule has 80 valence electrons. The van der Waals surface area contributed by atoms with Crippen LogP contribution in [0, 0.1) is 0 Å². The predicted molar refractivity (Wildman–Crippen MR) is 54.0 cm³/mol. The third-order valence-corrected chi connectivity index (χ3v) is 2.69. The van der Waals surface area contributed by atoms with E-state index in [4.69, 9.17) is 4.74 Å². The first-order chi connectivity index (χ1) is 6.72. The van der Waals surface area contributed by atoms with Gasteiger partial charge in [-0.2, -0.15) is 0 Å². The van der Waals surface area contributed by atoms with Crippen LogP contribution in [0.15, 0.2) is 12.7 Å². The van der Waals surface area contributed by atoms with Crippen molar-refractivity contribution in [2.75, 3.05) is 13.7 Å². The summed E-state index contributed by atoms with van der Waals surface area (Å²) in [6.45, 7) is 4.28. The first kappa shape index (κ1) is 11.2. The molecule has 0 amide bonds. The monoisotopic (exact) mass is 198 g/mol. The summed E-state index contributed by atoms with van der Waals surface area (Å²) < 4.78 is 10.4. The van der Waals surface area contributed by atoms with Crippen LogP contribution in [0.3, 0.4) is 0 Å². The van der Waals surface area contributed by atoms with Crippen molar-refractivity contribution in [2.24, 2.45) is 0 Å². The molecular formula is C11H18O3. The molecule has 0 spiro atoms. The second kappa shape index (κ2) is 5.15. The maximum absolute atomic E-state index is 11.1. The van der Waals surface area contributed by atoms with Gasteiger partial charge in [0.1, 0.15) is 0 Å². The van der Waals surface area contributed by atoms with Gasteiger partial charge in [0.15, 0.2) is 0 Å². The van der Waals surface area contributed by atoms with Crippen LogP contribution in [0.4, 0.5) is 0 Å². The number of esters is 1. The summed E-state index contributed by atoms with van der Waals surface area (Å²) >= 11 is 0. The molecule has 1 rings (SSSR count). The van der Waals surface area contributed by atoms with E-state index in [0.717, 1.165) is 25.7 Å². The maximum atomic E-state index is 11.1. The number of rotatable bonds is 6. The fourth-order valence-electron chi connectivity index (χ4n) is 1.64. The van der Waals surface area contributed by atoms with Gasteiger partial charge in [0.2, 0.25) is 0 Å². The van der Waals surface area contributed by atoms with Crippen LogP contribution < -0.4 is 0 Å². The highest BCUT2D eigenvalue weighted by Gasteiger charge is 2.40. The molecule has 3 nitrogen and oxygen atoms in total. The number of carbonyl (C=O) groups excluding carboxylic acids is 1. The molecule has 3 heteroatoms. The zero-order chi connectivity index (χ0) is 10.4. The Morgan fingerprint density at radius 2 is 2.29 bits per heavy atom. The van der Waals surface area contributed by atoms with Gasteiger partial charge in [0.25, 0.3) is 0 Å². The van der Waals surface area contributed by atoms with Gasteiger partial charge in [-0.1, -0.05) is 6.08 Å². The predicted octanol–water partition coefficient (Wildman–Crippen LogP) is 2.06. The average molecular weight is 198 g/mol. The Kier molecular flexibility index (Phi) is 4.14. The van der Waals surface area contributed by atoms with E-state index in [2.05, 4.69) is 11.3 Å². The van der Waals surface area contributed by atoms with E-state index >= 15 is 0 Å². The average Bonchev–Trinajstić information content (AvgIpc) is 2.14. The quantitative estimate of drug-likeness (QED) is 0.372. The minimum Gasteiger partial charge on any atom is -0.469 e. The molecule has 0 aromatic carbocycles. The van der Waals surface area contributed by atoms with E-state index in [-0.39, 0.29) is 11.6 Å². The Bertz CT molecular complexity index is 207. The van der Waals surface area contributed by atoms with Crippen LogP contribution in [0.2, 0.25) is 0 Å². The van der Waals surface area contributed by atoms with Crippen LogP contribution in [-0.2, 0) is 14.3 Å². The number of carbonyl (C=O) groups is 1. The molecule has 0 N–H and O–H groups in total. The summed E-state index contributed by atoms with van der Waals surface area (Å²) in [5, 5.41) is 0.